The van der Waals surface area contributed by atoms with Crippen LogP contribution >= 0.6 is 15.6 Å². The van der Waals surface area contributed by atoms with E-state index >= 15 is 0 Å². The zero-order valence-corrected chi connectivity index (χ0v) is 30.7. The van der Waals surface area contributed by atoms with Gasteiger partial charge in [0.25, 0.3) is 0 Å². The minimum atomic E-state index is -4.95. The third kappa shape index (κ3) is 8.67. The van der Waals surface area contributed by atoms with Gasteiger partial charge in [-0.15, -0.1) is 0 Å². The van der Waals surface area contributed by atoms with Gasteiger partial charge in [-0.2, -0.15) is 0 Å². The maximum absolute atomic E-state index is 13.4. The highest BCUT2D eigenvalue weighted by Crippen LogP contribution is 2.50. The number of methoxy groups -OCH3 is 1. The number of nitrogen functional groups attached to an aromatic ring is 2. The van der Waals surface area contributed by atoms with Gasteiger partial charge in [0.05, 0.1) is 39.1 Å². The van der Waals surface area contributed by atoms with Crippen LogP contribution in [0, 0.1) is 0 Å². The second kappa shape index (κ2) is 15.9. The van der Waals surface area contributed by atoms with Gasteiger partial charge in [-0.1, -0.05) is 30.3 Å². The number of phosphoric ester groups is 1. The second-order valence-electron chi connectivity index (χ2n) is 12.6. The van der Waals surface area contributed by atoms with Crippen LogP contribution in [0.4, 0.5) is 11.6 Å². The molecule has 294 valence electrons. The molecule has 25 heteroatoms. The predicted molar refractivity (Wildman–Crippen MR) is 188 cm³/mol. The Morgan fingerprint density at radius 1 is 0.891 bits per heavy atom. The Balaban J connectivity index is 1.04. The average molecular weight is 806 g/mol. The Hall–Kier alpha value is -4.51. The van der Waals surface area contributed by atoms with Crippen molar-refractivity contribution in [1.29, 1.82) is 0 Å². The molecule has 0 amide bonds. The van der Waals surface area contributed by atoms with Crippen molar-refractivity contribution in [3.8, 4) is 0 Å². The number of nitrogens with two attached hydrogens (primary N) is 2. The molecule has 6 heterocycles. The van der Waals surface area contributed by atoms with Crippen molar-refractivity contribution in [3.63, 3.8) is 0 Å². The van der Waals surface area contributed by atoms with Crippen molar-refractivity contribution >= 4 is 55.5 Å². The number of hydrogen-bond donors (Lipinski definition) is 6. The van der Waals surface area contributed by atoms with Gasteiger partial charge in [0.15, 0.2) is 22.9 Å². The monoisotopic (exact) mass is 805 g/mol. The summed E-state index contributed by atoms with van der Waals surface area (Å²) in [4.78, 5) is 58.8. The molecule has 2 aliphatic rings. The molecular weight excluding hydrogens is 768 g/mol. The van der Waals surface area contributed by atoms with E-state index in [-0.39, 0.29) is 42.1 Å². The summed E-state index contributed by atoms with van der Waals surface area (Å²) < 4.78 is 62.8. The van der Waals surface area contributed by atoms with Crippen LogP contribution < -0.4 is 16.6 Å². The van der Waals surface area contributed by atoms with E-state index in [0.717, 1.165) is 7.11 Å². The summed E-state index contributed by atoms with van der Waals surface area (Å²) >= 11 is 0. The fourth-order valence-corrected chi connectivity index (χ4v) is 8.26. The van der Waals surface area contributed by atoms with Crippen molar-refractivity contribution < 1.29 is 56.6 Å². The Bertz CT molecular complexity index is 2250. The van der Waals surface area contributed by atoms with Crippen molar-refractivity contribution in [2.45, 2.75) is 62.2 Å². The number of carbonyl (C=O) groups is 1. The van der Waals surface area contributed by atoms with Gasteiger partial charge in [0.2, 0.25) is 0 Å². The van der Waals surface area contributed by atoms with Crippen LogP contribution in [0.1, 0.15) is 30.9 Å². The molecular formula is C30H37N11O12P2. The number of hydrogen-bond acceptors (Lipinski definition) is 18. The number of anilines is 2. The molecule has 1 aromatic carbocycles. The van der Waals surface area contributed by atoms with Crippen molar-refractivity contribution in [2.75, 3.05) is 31.8 Å². The number of rotatable bonds is 15. The summed E-state index contributed by atoms with van der Waals surface area (Å²) in [5.41, 5.74) is 13.7. The number of nitrogens with one attached hydrogen (secondary N) is 1. The predicted octanol–water partition coefficient (Wildman–Crippen LogP) is 0.760. The molecule has 8 unspecified atom stereocenters. The smallest absolute Gasteiger partial charge is 0.468 e. The number of fused-ring (bicyclic) bond motifs is 2. The largest absolute Gasteiger partial charge is 0.472 e. The number of benzene rings is 1. The van der Waals surface area contributed by atoms with E-state index in [1.165, 1.54) is 29.9 Å². The molecule has 4 aromatic heterocycles. The van der Waals surface area contributed by atoms with Gasteiger partial charge in [-0.25, -0.2) is 44.1 Å². The topological polar surface area (TPSA) is 319 Å². The summed E-state index contributed by atoms with van der Waals surface area (Å²) in [6, 6.07) is 7.46. The number of aliphatic hydroxyl groups is 1. The molecule has 5 aromatic rings. The van der Waals surface area contributed by atoms with Gasteiger partial charge in [-0.3, -0.25) is 27.5 Å². The summed E-state index contributed by atoms with van der Waals surface area (Å²) in [7, 11) is -8.57. The van der Waals surface area contributed by atoms with Crippen LogP contribution in [0.2, 0.25) is 0 Å². The first-order chi connectivity index (χ1) is 26.3. The minimum Gasteiger partial charge on any atom is -0.468 e. The van der Waals surface area contributed by atoms with E-state index in [4.69, 9.17) is 39.2 Å². The van der Waals surface area contributed by atoms with Crippen molar-refractivity contribution in [2.24, 2.45) is 0 Å². The fraction of sp³-hybridized carbons (Fsp3) is 0.433. The van der Waals surface area contributed by atoms with E-state index in [1.807, 2.05) is 0 Å². The molecule has 7 rings (SSSR count). The van der Waals surface area contributed by atoms with Crippen molar-refractivity contribution in [1.82, 2.24) is 44.1 Å². The number of aliphatic hydroxyl groups excluding tert-OH is 1. The third-order valence-corrected chi connectivity index (χ3v) is 11.1. The van der Waals surface area contributed by atoms with Gasteiger partial charge in [0.1, 0.15) is 60.5 Å². The van der Waals surface area contributed by atoms with Gasteiger partial charge in [0, 0.05) is 12.8 Å². The van der Waals surface area contributed by atoms with Crippen LogP contribution in [0.3, 0.4) is 0 Å². The molecule has 0 aliphatic carbocycles. The molecule has 9 atom stereocenters. The lowest BCUT2D eigenvalue weighted by atomic mass is 10.1. The number of aromatic nitrogens is 8. The SMILES string of the molecule is COC(=O)[C@H](Cc1ccccc1)NP(=O)(O)OCC1OC(n2cnc3c(N)ncnc32)CC1OP(=O)(O)OCC1OC(n2cnc3c(N)ncnc32)CC1O. The molecule has 2 aliphatic heterocycles. The lowest BCUT2D eigenvalue weighted by Crippen LogP contribution is -2.38. The molecule has 0 radical (unpaired) electrons. The van der Waals surface area contributed by atoms with Crippen LogP contribution in [0.25, 0.3) is 22.3 Å². The number of imidazole rings is 2. The maximum Gasteiger partial charge on any atom is 0.472 e. The van der Waals surface area contributed by atoms with Crippen molar-refractivity contribution in [3.05, 3.63) is 61.2 Å². The minimum absolute atomic E-state index is 0.000944. The Morgan fingerprint density at radius 3 is 2.09 bits per heavy atom. The summed E-state index contributed by atoms with van der Waals surface area (Å²) in [6.45, 7) is -1.23. The Labute approximate surface area is 311 Å². The normalized spacial score (nSPS) is 25.5. The standard InChI is InChI=1S/C30H37N11O12P2/c1-48-30(43)17(7-16-5-3-2-4-6-16)39-54(44,45)49-11-21-19(9-23(52-21)41-15-38-25-27(32)34-13-36-29(25)41)53-55(46,47)50-10-20-18(42)8-22(51-20)40-14-37-24-26(31)33-12-35-28(24)40/h2-6,12-15,17-23,42H,7-11H2,1H3,(H,46,47)(H2,31,33,35)(H2,32,34,36)(H2,39,44,45)/t17-,18?,19?,20?,21?,22?,23?/m0/s1. The second-order valence-corrected chi connectivity index (χ2v) is 15.5. The van der Waals surface area contributed by atoms with Crippen LogP contribution in [-0.4, -0.2) is 111 Å². The fourth-order valence-electron chi connectivity index (χ4n) is 6.28. The lowest BCUT2D eigenvalue weighted by Gasteiger charge is -2.24. The van der Waals surface area contributed by atoms with E-state index in [0.29, 0.717) is 16.7 Å². The molecule has 2 fully saturated rings. The molecule has 8 N–H and O–H groups in total. The zero-order valence-electron chi connectivity index (χ0n) is 28.9. The number of nitrogens with zero attached hydrogens (tertiary/aromatic N) is 8. The Kier molecular flexibility index (Phi) is 11.2. The quantitative estimate of drug-likeness (QED) is 0.0628. The zero-order chi connectivity index (χ0) is 38.9. The first kappa shape index (κ1) is 38.8. The van der Waals surface area contributed by atoms with Gasteiger partial charge >= 0.3 is 21.5 Å². The first-order valence-corrected chi connectivity index (χ1v) is 19.8. The number of ether oxygens (including phenoxy) is 3. The van der Waals surface area contributed by atoms with E-state index in [1.54, 1.807) is 34.9 Å². The third-order valence-electron chi connectivity index (χ3n) is 8.95. The average Bonchev–Trinajstić information content (AvgIpc) is 3.95. The highest BCUT2D eigenvalue weighted by atomic mass is 31.2. The molecule has 0 saturated carbocycles. The van der Waals surface area contributed by atoms with Crippen LogP contribution in [0.15, 0.2) is 55.6 Å². The summed E-state index contributed by atoms with van der Waals surface area (Å²) in [6.07, 6.45) is -1.21. The number of esters is 1. The molecule has 2 saturated heterocycles. The molecule has 0 spiro atoms. The first-order valence-electron chi connectivity index (χ1n) is 16.7. The highest BCUT2D eigenvalue weighted by molar-refractivity contribution is 7.50. The Morgan fingerprint density at radius 2 is 1.47 bits per heavy atom. The maximum atomic E-state index is 13.4. The van der Waals surface area contributed by atoms with E-state index in [9.17, 15) is 28.8 Å². The highest BCUT2D eigenvalue weighted by Gasteiger charge is 2.45. The van der Waals surface area contributed by atoms with Crippen LogP contribution in [-0.2, 0) is 48.1 Å². The van der Waals surface area contributed by atoms with E-state index < -0.39 is 77.7 Å². The molecule has 0 bridgehead atoms. The van der Waals surface area contributed by atoms with Gasteiger partial charge < -0.3 is 40.6 Å². The summed E-state index contributed by atoms with van der Waals surface area (Å²) in [5.74, 6) is -0.554. The lowest BCUT2D eigenvalue weighted by molar-refractivity contribution is -0.142. The van der Waals surface area contributed by atoms with E-state index in [2.05, 4.69) is 35.0 Å². The number of carbonyl (C=O) groups excluding carboxylic acids is 1. The summed E-state index contributed by atoms with van der Waals surface area (Å²) in [5, 5.41) is 13.1. The number of phosphoric acid groups is 1. The molecule has 23 nitrogen and oxygen atoms in total. The van der Waals surface area contributed by atoms with Crippen LogP contribution in [0.5, 0.6) is 0 Å². The molecule has 55 heavy (non-hydrogen) atoms. The van der Waals surface area contributed by atoms with Gasteiger partial charge in [-0.05, 0) is 12.0 Å².